The number of halogens is 6. The number of methoxy groups -OCH3 is 2. The number of rotatable bonds is 9. The van der Waals surface area contributed by atoms with Crippen molar-refractivity contribution in [1.82, 2.24) is 9.44 Å². The lowest BCUT2D eigenvalue weighted by Crippen LogP contribution is -2.47. The van der Waals surface area contributed by atoms with Gasteiger partial charge in [-0.25, -0.2) is 16.8 Å². The number of benzene rings is 2. The van der Waals surface area contributed by atoms with Crippen LogP contribution in [0, 0.1) is 0 Å². The fourth-order valence-electron chi connectivity index (χ4n) is 2.79. The van der Waals surface area contributed by atoms with E-state index in [2.05, 4.69) is 0 Å². The van der Waals surface area contributed by atoms with E-state index in [1.807, 2.05) is 0 Å². The second-order valence-electron chi connectivity index (χ2n) is 6.64. The van der Waals surface area contributed by atoms with E-state index in [4.69, 9.17) is 9.47 Å². The maximum Gasteiger partial charge on any atom is 0.511 e. The molecule has 0 aliphatic heterocycles. The topological polar surface area (TPSA) is 111 Å². The van der Waals surface area contributed by atoms with E-state index in [9.17, 15) is 43.2 Å². The first-order valence-corrected chi connectivity index (χ1v) is 11.9. The van der Waals surface area contributed by atoms with Crippen molar-refractivity contribution < 1.29 is 52.7 Å². The number of sulfonamides is 2. The Morgan fingerprint density at radius 2 is 1.00 bits per heavy atom. The first-order chi connectivity index (χ1) is 15.5. The summed E-state index contributed by atoms with van der Waals surface area (Å²) in [6.45, 7) is 0. The molecule has 0 aromatic heterocycles. The Hall–Kier alpha value is -2.56. The zero-order valence-corrected chi connectivity index (χ0v) is 18.9. The summed E-state index contributed by atoms with van der Waals surface area (Å²) in [6.07, 6.45) is 0. The number of alkyl halides is 6. The van der Waals surface area contributed by atoms with Crippen LogP contribution >= 0.6 is 0 Å². The normalized spacial score (nSPS) is 14.9. The summed E-state index contributed by atoms with van der Waals surface area (Å²) in [6, 6.07) is 4.96. The number of hydrogen-bond acceptors (Lipinski definition) is 6. The predicted molar refractivity (Wildman–Crippen MR) is 108 cm³/mol. The average molecular weight is 536 g/mol. The Kier molecular flexibility index (Phi) is 8.12. The van der Waals surface area contributed by atoms with Gasteiger partial charge in [0.1, 0.15) is 11.5 Å². The third-order valence-electron chi connectivity index (χ3n) is 4.41. The van der Waals surface area contributed by atoms with Crippen molar-refractivity contribution in [3.05, 3.63) is 59.7 Å². The van der Waals surface area contributed by atoms with Gasteiger partial charge in [0, 0.05) is 0 Å². The molecular weight excluding hydrogens is 518 g/mol. The van der Waals surface area contributed by atoms with Crippen molar-refractivity contribution >= 4 is 20.0 Å². The number of ether oxygens (including phenoxy) is 2. The van der Waals surface area contributed by atoms with Crippen molar-refractivity contribution in [3.8, 4) is 11.5 Å². The molecule has 0 saturated heterocycles. The Balaban J connectivity index is 2.80. The molecule has 16 heteroatoms. The molecule has 2 unspecified atom stereocenters. The van der Waals surface area contributed by atoms with Crippen molar-refractivity contribution in [2.75, 3.05) is 14.2 Å². The van der Waals surface area contributed by atoms with Crippen molar-refractivity contribution in [1.29, 1.82) is 0 Å². The molecular formula is C18H18F6N2O6S2. The van der Waals surface area contributed by atoms with E-state index in [-0.39, 0.29) is 22.6 Å². The molecule has 34 heavy (non-hydrogen) atoms. The number of hydrogen-bond donors (Lipinski definition) is 2. The highest BCUT2D eigenvalue weighted by atomic mass is 32.2. The van der Waals surface area contributed by atoms with Gasteiger partial charge >= 0.3 is 31.1 Å². The fourth-order valence-corrected chi connectivity index (χ4v) is 4.28. The molecule has 2 rings (SSSR count). The van der Waals surface area contributed by atoms with Gasteiger partial charge in [0.2, 0.25) is 0 Å². The smallest absolute Gasteiger partial charge is 0.497 e. The highest BCUT2D eigenvalue weighted by molar-refractivity contribution is 7.90. The van der Waals surface area contributed by atoms with Crippen molar-refractivity contribution in [3.63, 3.8) is 0 Å². The zero-order valence-electron chi connectivity index (χ0n) is 17.3. The average Bonchev–Trinajstić information content (AvgIpc) is 2.74. The number of nitrogens with one attached hydrogen (secondary N) is 2. The van der Waals surface area contributed by atoms with E-state index in [0.717, 1.165) is 24.3 Å². The van der Waals surface area contributed by atoms with Crippen LogP contribution in [0.4, 0.5) is 26.3 Å². The minimum atomic E-state index is -6.16. The summed E-state index contributed by atoms with van der Waals surface area (Å²) >= 11 is 0. The second-order valence-corrected chi connectivity index (χ2v) is 10.1. The van der Waals surface area contributed by atoms with Crippen LogP contribution in [-0.4, -0.2) is 42.1 Å². The molecule has 0 spiro atoms. The molecule has 2 aromatic rings. The summed E-state index contributed by atoms with van der Waals surface area (Å²) in [7, 11) is -9.96. The van der Waals surface area contributed by atoms with Crippen LogP contribution in [0.2, 0.25) is 0 Å². The SMILES string of the molecule is COc1cccc(C(NS(=O)(=O)C(F)(F)F)C(NS(=O)(=O)C(F)(F)F)c2cccc(OC)c2)c1. The summed E-state index contributed by atoms with van der Waals surface area (Å²) in [5.41, 5.74) is -12.4. The van der Waals surface area contributed by atoms with Gasteiger partial charge in [-0.1, -0.05) is 24.3 Å². The lowest BCUT2D eigenvalue weighted by atomic mass is 9.94. The van der Waals surface area contributed by atoms with Crippen LogP contribution in [0.25, 0.3) is 0 Å². The van der Waals surface area contributed by atoms with Gasteiger partial charge in [0.05, 0.1) is 26.3 Å². The first-order valence-electron chi connectivity index (χ1n) is 8.97. The molecule has 190 valence electrons. The predicted octanol–water partition coefficient (Wildman–Crippen LogP) is 3.36. The zero-order chi connectivity index (χ0) is 25.9. The molecule has 0 amide bonds. The van der Waals surface area contributed by atoms with E-state index in [1.165, 1.54) is 47.9 Å². The van der Waals surface area contributed by atoms with Crippen LogP contribution in [0.5, 0.6) is 11.5 Å². The van der Waals surface area contributed by atoms with Gasteiger partial charge in [-0.2, -0.15) is 35.8 Å². The summed E-state index contributed by atoms with van der Waals surface area (Å²) in [5, 5.41) is 0. The first kappa shape index (κ1) is 27.7. The molecule has 0 heterocycles. The van der Waals surface area contributed by atoms with Gasteiger partial charge in [-0.05, 0) is 35.4 Å². The van der Waals surface area contributed by atoms with Crippen LogP contribution in [0.3, 0.4) is 0 Å². The quantitative estimate of drug-likeness (QED) is 0.476. The Bertz CT molecular complexity index is 1120. The Morgan fingerprint density at radius 1 is 0.676 bits per heavy atom. The van der Waals surface area contributed by atoms with E-state index < -0.39 is 43.1 Å². The molecule has 0 aliphatic carbocycles. The molecule has 0 radical (unpaired) electrons. The van der Waals surface area contributed by atoms with Crippen LogP contribution < -0.4 is 18.9 Å². The van der Waals surface area contributed by atoms with Crippen LogP contribution in [-0.2, 0) is 20.0 Å². The summed E-state index contributed by atoms with van der Waals surface area (Å²) < 4.78 is 139. The maximum atomic E-state index is 13.2. The molecule has 8 nitrogen and oxygen atoms in total. The van der Waals surface area contributed by atoms with E-state index in [1.54, 1.807) is 0 Å². The fraction of sp³-hybridized carbons (Fsp3) is 0.333. The van der Waals surface area contributed by atoms with Crippen molar-refractivity contribution in [2.24, 2.45) is 0 Å². The highest BCUT2D eigenvalue weighted by Gasteiger charge is 2.51. The highest BCUT2D eigenvalue weighted by Crippen LogP contribution is 2.37. The largest absolute Gasteiger partial charge is 0.511 e. The van der Waals surface area contributed by atoms with Gasteiger partial charge in [0.25, 0.3) is 0 Å². The molecule has 0 aliphatic rings. The molecule has 2 atom stereocenters. The Morgan fingerprint density at radius 3 is 1.26 bits per heavy atom. The van der Waals surface area contributed by atoms with Gasteiger partial charge in [-0.15, -0.1) is 0 Å². The second kappa shape index (κ2) is 9.97. The molecule has 2 N–H and O–H groups in total. The lowest BCUT2D eigenvalue weighted by molar-refractivity contribution is -0.0465. The van der Waals surface area contributed by atoms with E-state index >= 15 is 0 Å². The molecule has 0 bridgehead atoms. The third kappa shape index (κ3) is 6.31. The van der Waals surface area contributed by atoms with Gasteiger partial charge in [-0.3, -0.25) is 0 Å². The van der Waals surface area contributed by atoms with Crippen LogP contribution in [0.1, 0.15) is 23.2 Å². The van der Waals surface area contributed by atoms with Crippen molar-refractivity contribution in [2.45, 2.75) is 23.1 Å². The lowest BCUT2D eigenvalue weighted by Gasteiger charge is -2.30. The summed E-state index contributed by atoms with van der Waals surface area (Å²) in [5.74, 6) is 0.0218. The molecule has 0 fully saturated rings. The standard InChI is InChI=1S/C18H18F6N2O6S2/c1-31-13-7-3-5-11(9-13)15(25-33(27,28)17(19,20)21)16(26-34(29,30)18(22,23)24)12-6-4-8-14(10-12)32-2/h3-10,15-16,25-26H,1-2H3. The van der Waals surface area contributed by atoms with E-state index in [0.29, 0.717) is 0 Å². The maximum absolute atomic E-state index is 13.2. The third-order valence-corrected chi connectivity index (χ3v) is 6.76. The monoisotopic (exact) mass is 536 g/mol. The summed E-state index contributed by atoms with van der Waals surface area (Å²) in [4.78, 5) is 0. The van der Waals surface area contributed by atoms with Crippen LogP contribution in [0.15, 0.2) is 48.5 Å². The molecule has 0 saturated carbocycles. The molecule has 2 aromatic carbocycles. The van der Waals surface area contributed by atoms with Gasteiger partial charge < -0.3 is 9.47 Å². The van der Waals surface area contributed by atoms with Gasteiger partial charge in [0.15, 0.2) is 0 Å². The minimum Gasteiger partial charge on any atom is -0.497 e. The minimum absolute atomic E-state index is 0.0109. The Labute approximate surface area is 191 Å².